The average Bonchev–Trinajstić information content (AvgIpc) is 3.30. The van der Waals surface area contributed by atoms with Crippen LogP contribution in [-0.4, -0.2) is 80.2 Å². The van der Waals surface area contributed by atoms with Gasteiger partial charge in [0.25, 0.3) is 0 Å². The van der Waals surface area contributed by atoms with Crippen molar-refractivity contribution in [3.05, 3.63) is 0 Å². The number of rotatable bonds is 6. The van der Waals surface area contributed by atoms with Gasteiger partial charge in [-0.25, -0.2) is 9.80 Å². The third-order valence-corrected chi connectivity index (χ3v) is 6.23. The lowest BCUT2D eigenvalue weighted by molar-refractivity contribution is -0.128. The summed E-state index contributed by atoms with van der Waals surface area (Å²) < 4.78 is 9.64. The van der Waals surface area contributed by atoms with Crippen LogP contribution < -0.4 is 21.4 Å². The number of amides is 3. The normalized spacial score (nSPS) is 30.6. The van der Waals surface area contributed by atoms with Crippen molar-refractivity contribution in [1.29, 1.82) is 0 Å². The number of carbonyl (C=O) groups excluding carboxylic acids is 3. The van der Waals surface area contributed by atoms with E-state index in [4.69, 9.17) is 9.47 Å². The molecule has 4 atom stereocenters. The summed E-state index contributed by atoms with van der Waals surface area (Å²) in [5.74, 6) is -0.385. The van der Waals surface area contributed by atoms with Gasteiger partial charge >= 0.3 is 6.09 Å². The van der Waals surface area contributed by atoms with Crippen LogP contribution in [0.3, 0.4) is 0 Å². The summed E-state index contributed by atoms with van der Waals surface area (Å²) in [7, 11) is 1.50. The predicted molar refractivity (Wildman–Crippen MR) is 98.5 cm³/mol. The maximum absolute atomic E-state index is 12.7. The van der Waals surface area contributed by atoms with Crippen molar-refractivity contribution in [2.45, 2.75) is 24.4 Å². The molecule has 10 nitrogen and oxygen atoms in total. The smallest absolute Gasteiger partial charge is 0.413 e. The molecular weight excluding hydrogens is 374 g/mol. The first-order valence-electron chi connectivity index (χ1n) is 9.20. The summed E-state index contributed by atoms with van der Waals surface area (Å²) >= 11 is 1.52. The predicted octanol–water partition coefficient (Wildman–Crippen LogP) is -1.16. The number of methoxy groups -OCH3 is 1. The Morgan fingerprint density at radius 2 is 2.07 bits per heavy atom. The Hall–Kier alpha value is -1.40. The molecule has 11 heteroatoms. The average molecular weight is 401 g/mol. The Balaban J connectivity index is 1.46. The van der Waals surface area contributed by atoms with Crippen molar-refractivity contribution in [2.24, 2.45) is 11.8 Å². The minimum absolute atomic E-state index is 0.0745. The molecule has 152 valence electrons. The molecule has 0 aromatic heterocycles. The van der Waals surface area contributed by atoms with E-state index in [1.807, 2.05) is 0 Å². The number of imide groups is 1. The van der Waals surface area contributed by atoms with E-state index in [0.29, 0.717) is 19.5 Å². The van der Waals surface area contributed by atoms with Gasteiger partial charge in [0.15, 0.2) is 0 Å². The highest BCUT2D eigenvalue weighted by Gasteiger charge is 2.39. The molecular formula is C16H27N5O5S. The molecule has 3 aliphatic heterocycles. The lowest BCUT2D eigenvalue weighted by atomic mass is 10.0. The van der Waals surface area contributed by atoms with Crippen molar-refractivity contribution in [3.8, 4) is 0 Å². The molecule has 0 bridgehead atoms. The zero-order chi connectivity index (χ0) is 19.2. The number of carbonyl (C=O) groups is 3. The van der Waals surface area contributed by atoms with Crippen LogP contribution >= 0.6 is 11.8 Å². The minimum Gasteiger partial charge on any atom is -0.447 e. The molecule has 3 fully saturated rings. The SMILES string of the molecule is COCCOC(=O)NC(=O)C1CCSC1NC(=O)C1CNC2CCNN2C1. The molecule has 0 spiro atoms. The Bertz CT molecular complexity index is 565. The first-order valence-corrected chi connectivity index (χ1v) is 10.3. The summed E-state index contributed by atoms with van der Waals surface area (Å²) in [6.07, 6.45) is 1.13. The van der Waals surface area contributed by atoms with E-state index in [2.05, 4.69) is 26.4 Å². The summed E-state index contributed by atoms with van der Waals surface area (Å²) in [5, 5.41) is 10.3. The molecule has 3 aliphatic rings. The van der Waals surface area contributed by atoms with E-state index >= 15 is 0 Å². The van der Waals surface area contributed by atoms with Crippen LogP contribution in [-0.2, 0) is 19.1 Å². The fourth-order valence-corrected chi connectivity index (χ4v) is 4.81. The van der Waals surface area contributed by atoms with Crippen LogP contribution in [0.2, 0.25) is 0 Å². The topological polar surface area (TPSA) is 121 Å². The van der Waals surface area contributed by atoms with Gasteiger partial charge in [-0.1, -0.05) is 0 Å². The maximum Gasteiger partial charge on any atom is 0.413 e. The molecule has 3 rings (SSSR count). The number of hydrazine groups is 1. The largest absolute Gasteiger partial charge is 0.447 e. The van der Waals surface area contributed by atoms with E-state index in [0.717, 1.165) is 18.7 Å². The lowest BCUT2D eigenvalue weighted by Crippen LogP contribution is -2.59. The molecule has 3 heterocycles. The summed E-state index contributed by atoms with van der Waals surface area (Å²) in [4.78, 5) is 36.7. The zero-order valence-corrected chi connectivity index (χ0v) is 16.2. The van der Waals surface area contributed by atoms with Gasteiger partial charge in [-0.2, -0.15) is 0 Å². The Morgan fingerprint density at radius 1 is 1.22 bits per heavy atom. The monoisotopic (exact) mass is 401 g/mol. The van der Waals surface area contributed by atoms with Crippen LogP contribution in [0.1, 0.15) is 12.8 Å². The second-order valence-electron chi connectivity index (χ2n) is 6.78. The Labute approximate surface area is 162 Å². The number of ether oxygens (including phenoxy) is 2. The quantitative estimate of drug-likeness (QED) is 0.408. The molecule has 0 radical (unpaired) electrons. The van der Waals surface area contributed by atoms with Crippen LogP contribution in [0.25, 0.3) is 0 Å². The van der Waals surface area contributed by atoms with Crippen molar-refractivity contribution in [2.75, 3.05) is 45.7 Å². The summed E-state index contributed by atoms with van der Waals surface area (Å²) in [6.45, 7) is 2.52. The fraction of sp³-hybridized carbons (Fsp3) is 0.812. The molecule has 0 aromatic rings. The van der Waals surface area contributed by atoms with Crippen LogP contribution in [0, 0.1) is 11.8 Å². The highest BCUT2D eigenvalue weighted by Crippen LogP contribution is 2.31. The van der Waals surface area contributed by atoms with Crippen molar-refractivity contribution < 1.29 is 23.9 Å². The first kappa shape index (κ1) is 20.3. The summed E-state index contributed by atoms with van der Waals surface area (Å²) in [6, 6.07) is 0. The molecule has 4 unspecified atom stereocenters. The van der Waals surface area contributed by atoms with Crippen molar-refractivity contribution in [3.63, 3.8) is 0 Å². The van der Waals surface area contributed by atoms with Gasteiger partial charge < -0.3 is 14.8 Å². The van der Waals surface area contributed by atoms with Crippen LogP contribution in [0.5, 0.6) is 0 Å². The minimum atomic E-state index is -0.790. The van der Waals surface area contributed by atoms with Crippen molar-refractivity contribution >= 4 is 29.7 Å². The first-order chi connectivity index (χ1) is 13.1. The fourth-order valence-electron chi connectivity index (χ4n) is 3.48. The second-order valence-corrected chi connectivity index (χ2v) is 8.03. The third kappa shape index (κ3) is 5.32. The van der Waals surface area contributed by atoms with Gasteiger partial charge in [0.05, 0.1) is 30.0 Å². The number of hydrogen-bond acceptors (Lipinski definition) is 9. The van der Waals surface area contributed by atoms with Gasteiger partial charge in [-0.15, -0.1) is 11.8 Å². The van der Waals surface area contributed by atoms with E-state index < -0.39 is 17.9 Å². The molecule has 0 saturated carbocycles. The summed E-state index contributed by atoms with van der Waals surface area (Å²) in [5.41, 5.74) is 3.27. The van der Waals surface area contributed by atoms with E-state index in [9.17, 15) is 14.4 Å². The standard InChI is InChI=1S/C16H27N5O5S/c1-25-5-6-26-16(24)20-14(23)11-3-7-27-15(11)19-13(22)10-8-17-12-2-4-18-21(12)9-10/h10-12,15,17-18H,2-9H2,1H3,(H,19,22)(H,20,23,24). The number of alkyl carbamates (subject to hydrolysis) is 1. The maximum atomic E-state index is 12.7. The second kappa shape index (κ2) is 9.69. The molecule has 0 aliphatic carbocycles. The highest BCUT2D eigenvalue weighted by molar-refractivity contribution is 8.00. The Morgan fingerprint density at radius 3 is 2.89 bits per heavy atom. The van der Waals surface area contributed by atoms with Gasteiger partial charge in [0.1, 0.15) is 6.61 Å². The van der Waals surface area contributed by atoms with Crippen LogP contribution in [0.15, 0.2) is 0 Å². The van der Waals surface area contributed by atoms with Gasteiger partial charge in [-0.05, 0) is 18.6 Å². The van der Waals surface area contributed by atoms with E-state index in [1.54, 1.807) is 0 Å². The van der Waals surface area contributed by atoms with Crippen molar-refractivity contribution in [1.82, 2.24) is 26.4 Å². The highest BCUT2D eigenvalue weighted by atomic mass is 32.2. The molecule has 27 heavy (non-hydrogen) atoms. The van der Waals surface area contributed by atoms with E-state index in [-0.39, 0.29) is 36.6 Å². The molecule has 4 N–H and O–H groups in total. The van der Waals surface area contributed by atoms with Gasteiger partial charge in [-0.3, -0.25) is 25.6 Å². The molecule has 0 aromatic carbocycles. The molecule has 3 saturated heterocycles. The number of fused-ring (bicyclic) bond motifs is 1. The lowest BCUT2D eigenvalue weighted by Gasteiger charge is -2.35. The molecule has 3 amide bonds. The number of hydrogen-bond donors (Lipinski definition) is 4. The van der Waals surface area contributed by atoms with E-state index in [1.165, 1.54) is 18.9 Å². The zero-order valence-electron chi connectivity index (χ0n) is 15.4. The third-order valence-electron chi connectivity index (χ3n) is 4.96. The number of nitrogens with one attached hydrogen (secondary N) is 4. The number of thioether (sulfide) groups is 1. The van der Waals surface area contributed by atoms with Crippen LogP contribution in [0.4, 0.5) is 4.79 Å². The Kier molecular flexibility index (Phi) is 7.30. The van der Waals surface area contributed by atoms with Gasteiger partial charge in [0, 0.05) is 26.7 Å². The van der Waals surface area contributed by atoms with Gasteiger partial charge in [0.2, 0.25) is 11.8 Å². The number of nitrogens with zero attached hydrogens (tertiary/aromatic N) is 1.